The van der Waals surface area contributed by atoms with E-state index in [2.05, 4.69) is 26.1 Å². The quantitative estimate of drug-likeness (QED) is 0.845. The van der Waals surface area contributed by atoms with Crippen molar-refractivity contribution < 1.29 is 19.4 Å². The van der Waals surface area contributed by atoms with Gasteiger partial charge >= 0.3 is 5.97 Å². The maximum atomic E-state index is 11.8. The molecule has 21 heavy (non-hydrogen) atoms. The molecule has 0 saturated heterocycles. The Morgan fingerprint density at radius 3 is 2.48 bits per heavy atom. The lowest BCUT2D eigenvalue weighted by atomic mass is 9.87. The van der Waals surface area contributed by atoms with Crippen molar-refractivity contribution in [2.24, 2.45) is 0 Å². The molecule has 6 heteroatoms. The number of benzene rings is 1. The smallest absolute Gasteiger partial charge is 0.313 e. The van der Waals surface area contributed by atoms with Gasteiger partial charge in [-0.3, -0.25) is 9.59 Å². The highest BCUT2D eigenvalue weighted by molar-refractivity contribution is 8.00. The first-order valence-electron chi connectivity index (χ1n) is 6.52. The molecule has 1 rings (SSSR count). The molecule has 0 fully saturated rings. The lowest BCUT2D eigenvalue weighted by molar-refractivity contribution is -0.133. The standard InChI is InChI=1S/C15H21NO4S/c1-15(2,3)10-5-6-12(20-4)11(7-10)16-13(17)8-21-9-14(18)19/h5-7H,8-9H2,1-4H3,(H,16,17)(H,18,19). The molecule has 0 bridgehead atoms. The van der Waals surface area contributed by atoms with Gasteiger partial charge in [-0.1, -0.05) is 26.8 Å². The first kappa shape index (κ1) is 17.4. The average molecular weight is 311 g/mol. The van der Waals surface area contributed by atoms with Crippen molar-refractivity contribution in [2.75, 3.05) is 23.9 Å². The molecule has 0 unspecified atom stereocenters. The molecule has 0 aliphatic heterocycles. The highest BCUT2D eigenvalue weighted by Gasteiger charge is 2.17. The Morgan fingerprint density at radius 2 is 1.95 bits per heavy atom. The maximum absolute atomic E-state index is 11.8. The minimum absolute atomic E-state index is 0.0379. The van der Waals surface area contributed by atoms with Gasteiger partial charge in [-0.25, -0.2) is 0 Å². The summed E-state index contributed by atoms with van der Waals surface area (Å²) in [5, 5.41) is 11.3. The number of aliphatic carboxylic acids is 1. The Morgan fingerprint density at radius 1 is 1.29 bits per heavy atom. The third-order valence-corrected chi connectivity index (χ3v) is 3.72. The monoisotopic (exact) mass is 311 g/mol. The number of nitrogens with one attached hydrogen (secondary N) is 1. The fourth-order valence-electron chi connectivity index (χ4n) is 1.69. The van der Waals surface area contributed by atoms with Crippen molar-refractivity contribution >= 4 is 29.3 Å². The van der Waals surface area contributed by atoms with Gasteiger partial charge in [0, 0.05) is 0 Å². The molecular formula is C15H21NO4S. The van der Waals surface area contributed by atoms with E-state index in [0.29, 0.717) is 11.4 Å². The zero-order valence-electron chi connectivity index (χ0n) is 12.7. The van der Waals surface area contributed by atoms with E-state index in [1.807, 2.05) is 18.2 Å². The van der Waals surface area contributed by atoms with Crippen LogP contribution in [0.5, 0.6) is 5.75 Å². The molecule has 1 aromatic carbocycles. The number of rotatable bonds is 6. The van der Waals surface area contributed by atoms with E-state index in [4.69, 9.17) is 9.84 Å². The second-order valence-corrected chi connectivity index (χ2v) is 6.59. The van der Waals surface area contributed by atoms with Gasteiger partial charge in [-0.2, -0.15) is 0 Å². The number of hydrogen-bond acceptors (Lipinski definition) is 4. The van der Waals surface area contributed by atoms with Crippen LogP contribution in [0.25, 0.3) is 0 Å². The van der Waals surface area contributed by atoms with Gasteiger partial charge in [-0.05, 0) is 23.1 Å². The minimum Gasteiger partial charge on any atom is -0.495 e. The van der Waals surface area contributed by atoms with Crippen molar-refractivity contribution in [1.82, 2.24) is 0 Å². The maximum Gasteiger partial charge on any atom is 0.313 e. The van der Waals surface area contributed by atoms with Crippen LogP contribution >= 0.6 is 11.8 Å². The summed E-state index contributed by atoms with van der Waals surface area (Å²) in [7, 11) is 1.54. The van der Waals surface area contributed by atoms with Crippen LogP contribution in [0.4, 0.5) is 5.69 Å². The summed E-state index contributed by atoms with van der Waals surface area (Å²) in [6.07, 6.45) is 0. The molecule has 0 aliphatic carbocycles. The lowest BCUT2D eigenvalue weighted by Crippen LogP contribution is -2.17. The van der Waals surface area contributed by atoms with E-state index >= 15 is 0 Å². The van der Waals surface area contributed by atoms with Crippen LogP contribution in [0, 0.1) is 0 Å². The van der Waals surface area contributed by atoms with Gasteiger partial charge in [0.2, 0.25) is 5.91 Å². The van der Waals surface area contributed by atoms with Crippen molar-refractivity contribution in [3.05, 3.63) is 23.8 Å². The van der Waals surface area contributed by atoms with E-state index in [1.54, 1.807) is 7.11 Å². The number of carbonyl (C=O) groups is 2. The lowest BCUT2D eigenvalue weighted by Gasteiger charge is -2.21. The fourth-order valence-corrected chi connectivity index (χ4v) is 2.22. The van der Waals surface area contributed by atoms with Crippen LogP contribution in [0.3, 0.4) is 0 Å². The van der Waals surface area contributed by atoms with Crippen molar-refractivity contribution in [2.45, 2.75) is 26.2 Å². The first-order chi connectivity index (χ1) is 9.74. The molecule has 0 atom stereocenters. The molecule has 116 valence electrons. The van der Waals surface area contributed by atoms with Gasteiger partial charge in [-0.15, -0.1) is 11.8 Å². The first-order valence-corrected chi connectivity index (χ1v) is 7.67. The number of hydrogen-bond donors (Lipinski definition) is 2. The molecule has 0 spiro atoms. The van der Waals surface area contributed by atoms with Gasteiger partial charge in [0.05, 0.1) is 24.3 Å². The summed E-state index contributed by atoms with van der Waals surface area (Å²) in [5.74, 6) is -0.591. The number of thioether (sulfide) groups is 1. The van der Waals surface area contributed by atoms with E-state index in [1.165, 1.54) is 0 Å². The average Bonchev–Trinajstić information content (AvgIpc) is 2.37. The second-order valence-electron chi connectivity index (χ2n) is 5.60. The highest BCUT2D eigenvalue weighted by atomic mass is 32.2. The third-order valence-electron chi connectivity index (χ3n) is 2.80. The number of amides is 1. The molecule has 0 aliphatic rings. The van der Waals surface area contributed by atoms with Crippen LogP contribution in [-0.4, -0.2) is 35.6 Å². The summed E-state index contributed by atoms with van der Waals surface area (Å²) in [6.45, 7) is 6.26. The summed E-state index contributed by atoms with van der Waals surface area (Å²) in [5.41, 5.74) is 1.65. The van der Waals surface area contributed by atoms with E-state index in [-0.39, 0.29) is 22.8 Å². The number of carboxylic acid groups (broad SMARTS) is 1. The van der Waals surface area contributed by atoms with Crippen LogP contribution < -0.4 is 10.1 Å². The number of carbonyl (C=O) groups excluding carboxylic acids is 1. The van der Waals surface area contributed by atoms with Gasteiger partial charge in [0.1, 0.15) is 5.75 Å². The van der Waals surface area contributed by atoms with Gasteiger partial charge in [0.25, 0.3) is 0 Å². The molecule has 0 aromatic heterocycles. The molecule has 0 saturated carbocycles. The predicted octanol–water partition coefficient (Wildman–Crippen LogP) is 2.75. The highest BCUT2D eigenvalue weighted by Crippen LogP contribution is 2.31. The van der Waals surface area contributed by atoms with Crippen molar-refractivity contribution in [3.8, 4) is 5.75 Å². The van der Waals surface area contributed by atoms with Crippen molar-refractivity contribution in [1.29, 1.82) is 0 Å². The SMILES string of the molecule is COc1ccc(C(C)(C)C)cc1NC(=O)CSCC(=O)O. The van der Waals surface area contributed by atoms with Crippen molar-refractivity contribution in [3.63, 3.8) is 0 Å². The summed E-state index contributed by atoms with van der Waals surface area (Å²) >= 11 is 1.06. The number of ether oxygens (including phenoxy) is 1. The summed E-state index contributed by atoms with van der Waals surface area (Å²) in [6, 6.07) is 5.67. The van der Waals surface area contributed by atoms with Crippen LogP contribution in [-0.2, 0) is 15.0 Å². The molecule has 1 amide bonds. The van der Waals surface area contributed by atoms with Crippen LogP contribution in [0.1, 0.15) is 26.3 Å². The van der Waals surface area contributed by atoms with Crippen LogP contribution in [0.2, 0.25) is 0 Å². The molecule has 2 N–H and O–H groups in total. The van der Waals surface area contributed by atoms with Gasteiger partial charge in [0.15, 0.2) is 0 Å². The largest absolute Gasteiger partial charge is 0.495 e. The van der Waals surface area contributed by atoms with E-state index in [9.17, 15) is 9.59 Å². The molecule has 0 radical (unpaired) electrons. The second kappa shape index (κ2) is 7.36. The number of anilines is 1. The molecule has 1 aromatic rings. The Hall–Kier alpha value is -1.69. The number of carboxylic acids is 1. The molecule has 0 heterocycles. The normalized spacial score (nSPS) is 11.0. The zero-order valence-corrected chi connectivity index (χ0v) is 13.5. The Kier molecular flexibility index (Phi) is 6.08. The van der Waals surface area contributed by atoms with Gasteiger partial charge < -0.3 is 15.2 Å². The zero-order chi connectivity index (χ0) is 16.0. The Labute approximate surface area is 129 Å². The van der Waals surface area contributed by atoms with Crippen LogP contribution in [0.15, 0.2) is 18.2 Å². The molecular weight excluding hydrogens is 290 g/mol. The molecule has 5 nitrogen and oxygen atoms in total. The topological polar surface area (TPSA) is 75.6 Å². The minimum atomic E-state index is -0.930. The van der Waals surface area contributed by atoms with E-state index in [0.717, 1.165) is 17.3 Å². The fraction of sp³-hybridized carbons (Fsp3) is 0.467. The Balaban J connectivity index is 2.80. The summed E-state index contributed by atoms with van der Waals surface area (Å²) in [4.78, 5) is 22.3. The van der Waals surface area contributed by atoms with E-state index < -0.39 is 5.97 Å². The third kappa shape index (κ3) is 5.67. The summed E-state index contributed by atoms with van der Waals surface area (Å²) < 4.78 is 5.24. The predicted molar refractivity (Wildman–Crippen MR) is 85.3 cm³/mol. The number of methoxy groups -OCH3 is 1. The Bertz CT molecular complexity index is 523.